The molecule has 0 aliphatic carbocycles. The van der Waals surface area contributed by atoms with Gasteiger partial charge in [0, 0.05) is 49.6 Å². The van der Waals surface area contributed by atoms with E-state index < -0.39 is 0 Å². The number of piperidine rings is 1. The van der Waals surface area contributed by atoms with Crippen LogP contribution in [-0.2, 0) is 4.79 Å². The van der Waals surface area contributed by atoms with E-state index in [1.807, 2.05) is 29.4 Å². The van der Waals surface area contributed by atoms with Gasteiger partial charge in [0.1, 0.15) is 5.65 Å². The van der Waals surface area contributed by atoms with Crippen LogP contribution in [0.25, 0.3) is 11.0 Å². The number of nitrogens with zero attached hydrogens (tertiary/aromatic N) is 3. The van der Waals surface area contributed by atoms with Gasteiger partial charge in [-0.1, -0.05) is 6.92 Å². The molecule has 118 valence electrons. The second-order valence-electron chi connectivity index (χ2n) is 6.06. The molecule has 2 aromatic rings. The summed E-state index contributed by atoms with van der Waals surface area (Å²) in [6.07, 6.45) is 4.73. The molecule has 0 radical (unpaired) electrons. The van der Waals surface area contributed by atoms with Crippen LogP contribution in [-0.4, -0.2) is 53.5 Å². The number of aromatic nitrogens is 2. The van der Waals surface area contributed by atoms with E-state index in [0.29, 0.717) is 5.92 Å². The maximum atomic E-state index is 11.9. The summed E-state index contributed by atoms with van der Waals surface area (Å²) in [6, 6.07) is 4.36. The lowest BCUT2D eigenvalue weighted by atomic mass is 9.91. The summed E-state index contributed by atoms with van der Waals surface area (Å²) in [6.45, 7) is 3.86. The number of carbonyl (C=O) groups excluding carboxylic acids is 1. The molecular formula is C16H23N5O. The fourth-order valence-corrected chi connectivity index (χ4v) is 3.34. The number of nitrogens with one attached hydrogen (secondary N) is 1. The number of rotatable bonds is 3. The van der Waals surface area contributed by atoms with E-state index in [1.54, 1.807) is 0 Å². The first kappa shape index (κ1) is 14.8. The van der Waals surface area contributed by atoms with Crippen molar-refractivity contribution in [1.82, 2.24) is 14.9 Å². The number of hydrogen-bond donors (Lipinski definition) is 2. The van der Waals surface area contributed by atoms with E-state index in [9.17, 15) is 4.79 Å². The fraction of sp³-hybridized carbons (Fsp3) is 0.500. The largest absolute Gasteiger partial charge is 0.369 e. The molecule has 6 heteroatoms. The third-order valence-corrected chi connectivity index (χ3v) is 4.76. The number of carbonyl (C=O) groups is 1. The summed E-state index contributed by atoms with van der Waals surface area (Å²) in [5.74, 6) is 0.556. The Morgan fingerprint density at radius 3 is 3.14 bits per heavy atom. The summed E-state index contributed by atoms with van der Waals surface area (Å²) in [5.41, 5.74) is 7.55. The van der Waals surface area contributed by atoms with Gasteiger partial charge in [0.05, 0.1) is 6.54 Å². The van der Waals surface area contributed by atoms with Crippen LogP contribution in [0.2, 0.25) is 0 Å². The molecule has 3 N–H and O–H groups in total. The number of pyridine rings is 1. The molecule has 1 aliphatic heterocycles. The Bertz CT molecular complexity index is 667. The Morgan fingerprint density at radius 2 is 2.36 bits per heavy atom. The van der Waals surface area contributed by atoms with Gasteiger partial charge in [0.25, 0.3) is 0 Å². The van der Waals surface area contributed by atoms with Gasteiger partial charge >= 0.3 is 0 Å². The number of H-pyrrole nitrogens is 1. The Labute approximate surface area is 130 Å². The quantitative estimate of drug-likeness (QED) is 0.893. The van der Waals surface area contributed by atoms with Gasteiger partial charge < -0.3 is 20.5 Å². The number of likely N-dealkylation sites (tertiary alicyclic amines) is 1. The van der Waals surface area contributed by atoms with Gasteiger partial charge in [-0.15, -0.1) is 0 Å². The molecule has 0 spiro atoms. The number of likely N-dealkylation sites (N-methyl/N-ethyl adjacent to an activating group) is 1. The number of anilines is 1. The lowest BCUT2D eigenvalue weighted by Gasteiger charge is -2.42. The van der Waals surface area contributed by atoms with Crippen molar-refractivity contribution in [1.29, 1.82) is 0 Å². The smallest absolute Gasteiger partial charge is 0.236 e. The molecule has 1 fully saturated rings. The predicted octanol–water partition coefficient (Wildman–Crippen LogP) is 1.19. The molecule has 2 atom stereocenters. The van der Waals surface area contributed by atoms with Gasteiger partial charge in [-0.2, -0.15) is 0 Å². The van der Waals surface area contributed by atoms with Crippen molar-refractivity contribution < 1.29 is 4.79 Å². The van der Waals surface area contributed by atoms with E-state index in [-0.39, 0.29) is 18.5 Å². The molecule has 6 nitrogen and oxygen atoms in total. The van der Waals surface area contributed by atoms with Gasteiger partial charge in [-0.25, -0.2) is 4.98 Å². The maximum absolute atomic E-state index is 11.9. The molecule has 1 unspecified atom stereocenters. The Hall–Kier alpha value is -2.08. The minimum Gasteiger partial charge on any atom is -0.369 e. The Balaban J connectivity index is 1.88. The number of fused-ring (bicyclic) bond motifs is 1. The zero-order valence-electron chi connectivity index (χ0n) is 13.1. The van der Waals surface area contributed by atoms with Gasteiger partial charge in [0.15, 0.2) is 0 Å². The molecule has 0 bridgehead atoms. The summed E-state index contributed by atoms with van der Waals surface area (Å²) in [5, 5.41) is 1.11. The number of nitrogens with two attached hydrogens (primary N) is 1. The van der Waals surface area contributed by atoms with Crippen LogP contribution < -0.4 is 10.6 Å². The summed E-state index contributed by atoms with van der Waals surface area (Å²) >= 11 is 0. The van der Waals surface area contributed by atoms with E-state index in [0.717, 1.165) is 36.2 Å². The molecule has 1 saturated heterocycles. The Morgan fingerprint density at radius 1 is 1.55 bits per heavy atom. The van der Waals surface area contributed by atoms with Crippen LogP contribution in [0.5, 0.6) is 0 Å². The highest BCUT2D eigenvalue weighted by Crippen LogP contribution is 2.30. The number of amides is 1. The first-order valence-electron chi connectivity index (χ1n) is 7.74. The third-order valence-electron chi connectivity index (χ3n) is 4.76. The summed E-state index contributed by atoms with van der Waals surface area (Å²) in [7, 11) is 2.10. The molecule has 1 amide bonds. The van der Waals surface area contributed by atoms with Crippen LogP contribution in [0, 0.1) is 5.92 Å². The van der Waals surface area contributed by atoms with Crippen LogP contribution >= 0.6 is 0 Å². The predicted molar refractivity (Wildman–Crippen MR) is 87.7 cm³/mol. The Kier molecular flexibility index (Phi) is 4.02. The standard InChI is InChI=1S/C16H23N5O/c1-11-5-8-21(15(22)9-17)10-14(11)20(2)13-4-7-19-16-12(13)3-6-18-16/h3-4,6-7,11,14H,5,8-10,17H2,1-2H3,(H,18,19)/t11-,14?/m1/s1. The van der Waals surface area contributed by atoms with Gasteiger partial charge in [0.2, 0.25) is 5.91 Å². The lowest BCUT2D eigenvalue weighted by Crippen LogP contribution is -2.53. The van der Waals surface area contributed by atoms with Crippen LogP contribution in [0.15, 0.2) is 24.5 Å². The second kappa shape index (κ2) is 5.96. The van der Waals surface area contributed by atoms with Crippen molar-refractivity contribution in [2.75, 3.05) is 31.6 Å². The SMILES string of the molecule is C[C@@H]1CCN(C(=O)CN)CC1N(C)c1ccnc2[nH]ccc12. The molecule has 3 heterocycles. The van der Waals surface area contributed by atoms with Gasteiger partial charge in [-0.05, 0) is 24.5 Å². The lowest BCUT2D eigenvalue weighted by molar-refractivity contribution is -0.131. The molecule has 1 aliphatic rings. The van der Waals surface area contributed by atoms with Crippen molar-refractivity contribution in [2.45, 2.75) is 19.4 Å². The molecule has 22 heavy (non-hydrogen) atoms. The molecule has 2 aromatic heterocycles. The van der Waals surface area contributed by atoms with Crippen LogP contribution in [0.3, 0.4) is 0 Å². The van der Waals surface area contributed by atoms with E-state index in [4.69, 9.17) is 5.73 Å². The van der Waals surface area contributed by atoms with Crippen LogP contribution in [0.4, 0.5) is 5.69 Å². The van der Waals surface area contributed by atoms with Crippen molar-refractivity contribution in [3.8, 4) is 0 Å². The maximum Gasteiger partial charge on any atom is 0.236 e. The van der Waals surface area contributed by atoms with Crippen LogP contribution in [0.1, 0.15) is 13.3 Å². The average molecular weight is 301 g/mol. The minimum absolute atomic E-state index is 0.0341. The minimum atomic E-state index is 0.0341. The highest BCUT2D eigenvalue weighted by molar-refractivity contribution is 5.89. The second-order valence-corrected chi connectivity index (χ2v) is 6.06. The highest BCUT2D eigenvalue weighted by Gasteiger charge is 2.31. The molecular weight excluding hydrogens is 278 g/mol. The average Bonchev–Trinajstić information content (AvgIpc) is 3.02. The van der Waals surface area contributed by atoms with Crippen molar-refractivity contribution in [2.24, 2.45) is 11.7 Å². The summed E-state index contributed by atoms with van der Waals surface area (Å²) in [4.78, 5) is 23.6. The number of hydrogen-bond acceptors (Lipinski definition) is 4. The first-order valence-corrected chi connectivity index (χ1v) is 7.74. The normalized spacial score (nSPS) is 22.0. The fourth-order valence-electron chi connectivity index (χ4n) is 3.34. The van der Waals surface area contributed by atoms with Crippen molar-refractivity contribution in [3.05, 3.63) is 24.5 Å². The summed E-state index contributed by atoms with van der Waals surface area (Å²) < 4.78 is 0. The molecule has 3 rings (SSSR count). The van der Waals surface area contributed by atoms with Crippen molar-refractivity contribution in [3.63, 3.8) is 0 Å². The first-order chi connectivity index (χ1) is 10.6. The molecule has 0 saturated carbocycles. The zero-order chi connectivity index (χ0) is 15.7. The number of aromatic amines is 1. The highest BCUT2D eigenvalue weighted by atomic mass is 16.2. The third kappa shape index (κ3) is 2.54. The topological polar surface area (TPSA) is 78.2 Å². The van der Waals surface area contributed by atoms with Crippen molar-refractivity contribution >= 4 is 22.6 Å². The van der Waals surface area contributed by atoms with E-state index >= 15 is 0 Å². The van der Waals surface area contributed by atoms with E-state index in [1.165, 1.54) is 0 Å². The zero-order valence-corrected chi connectivity index (χ0v) is 13.1. The molecule has 0 aromatic carbocycles. The monoisotopic (exact) mass is 301 g/mol. The van der Waals surface area contributed by atoms with E-state index in [2.05, 4.69) is 28.8 Å². The van der Waals surface area contributed by atoms with Gasteiger partial charge in [-0.3, -0.25) is 4.79 Å².